The monoisotopic (exact) mass is 361 g/mol. The number of aryl methyl sites for hydroxylation is 1. The van der Waals surface area contributed by atoms with Crippen molar-refractivity contribution in [3.8, 4) is 16.5 Å². The molecule has 0 fully saturated rings. The molecular weight excluding hydrogens is 346 g/mol. The van der Waals surface area contributed by atoms with Crippen molar-refractivity contribution in [3.63, 3.8) is 0 Å². The molecule has 1 aromatic carbocycles. The molecule has 0 aliphatic rings. The zero-order chi connectivity index (χ0) is 17.2. The third-order valence-corrected chi connectivity index (χ3v) is 5.54. The summed E-state index contributed by atoms with van der Waals surface area (Å²) in [6, 6.07) is 10.9. The molecule has 2 aromatic heterocycles. The van der Waals surface area contributed by atoms with Gasteiger partial charge in [0.05, 0.1) is 12.8 Å². The van der Waals surface area contributed by atoms with Gasteiger partial charge in [-0.05, 0) is 41.6 Å². The van der Waals surface area contributed by atoms with Crippen molar-refractivity contribution in [1.82, 2.24) is 9.97 Å². The fourth-order valence-electron chi connectivity index (χ4n) is 2.10. The van der Waals surface area contributed by atoms with Crippen LogP contribution < -0.4 is 9.46 Å². The average molecular weight is 361 g/mol. The number of rotatable bonds is 5. The first-order chi connectivity index (χ1) is 11.5. The van der Waals surface area contributed by atoms with Gasteiger partial charge in [0.25, 0.3) is 10.0 Å². The van der Waals surface area contributed by atoms with Crippen LogP contribution >= 0.6 is 11.3 Å². The topological polar surface area (TPSA) is 81.2 Å². The lowest BCUT2D eigenvalue weighted by Gasteiger charge is -2.11. The lowest BCUT2D eigenvalue weighted by atomic mass is 10.1. The predicted octanol–water partition coefficient (Wildman–Crippen LogP) is 3.32. The van der Waals surface area contributed by atoms with Crippen LogP contribution in [-0.2, 0) is 10.0 Å². The van der Waals surface area contributed by atoms with E-state index in [4.69, 9.17) is 4.74 Å². The van der Waals surface area contributed by atoms with E-state index in [2.05, 4.69) is 14.7 Å². The predicted molar refractivity (Wildman–Crippen MR) is 93.9 cm³/mol. The molecule has 3 rings (SSSR count). The molecule has 124 valence electrons. The van der Waals surface area contributed by atoms with Crippen LogP contribution in [0.3, 0.4) is 0 Å². The van der Waals surface area contributed by atoms with Crippen molar-refractivity contribution in [3.05, 3.63) is 53.5 Å². The second-order valence-electron chi connectivity index (χ2n) is 4.99. The second kappa shape index (κ2) is 6.58. The molecule has 1 N–H and O–H groups in total. The third-order valence-electron chi connectivity index (χ3n) is 3.35. The SMILES string of the molecule is COc1nccc(S(=O)(=O)Nc2cc(-c3cccs3)ccc2C)n1. The number of thiophene rings is 1. The van der Waals surface area contributed by atoms with Gasteiger partial charge in [-0.3, -0.25) is 4.72 Å². The standard InChI is InChI=1S/C16H15N3O3S2/c1-11-5-6-12(14-4-3-9-23-14)10-13(11)19-24(20,21)15-7-8-17-16(18-15)22-2/h3-10,19H,1-2H3. The Balaban J connectivity index is 1.96. The molecule has 0 bridgehead atoms. The van der Waals surface area contributed by atoms with Gasteiger partial charge in [0, 0.05) is 11.1 Å². The maximum atomic E-state index is 12.6. The number of ether oxygens (including phenoxy) is 1. The number of aromatic nitrogens is 2. The molecule has 6 nitrogen and oxygen atoms in total. The summed E-state index contributed by atoms with van der Waals surface area (Å²) < 4.78 is 32.6. The Morgan fingerprint density at radius 3 is 2.75 bits per heavy atom. The van der Waals surface area contributed by atoms with Crippen molar-refractivity contribution in [1.29, 1.82) is 0 Å². The molecular formula is C16H15N3O3S2. The van der Waals surface area contributed by atoms with Gasteiger partial charge >= 0.3 is 6.01 Å². The number of nitrogens with zero attached hydrogens (tertiary/aromatic N) is 2. The number of benzene rings is 1. The van der Waals surface area contributed by atoms with Crippen LogP contribution in [0.1, 0.15) is 5.56 Å². The Morgan fingerprint density at radius 1 is 1.21 bits per heavy atom. The van der Waals surface area contributed by atoms with E-state index in [1.54, 1.807) is 11.3 Å². The highest BCUT2D eigenvalue weighted by Gasteiger charge is 2.18. The maximum Gasteiger partial charge on any atom is 0.317 e. The highest BCUT2D eigenvalue weighted by atomic mass is 32.2. The van der Waals surface area contributed by atoms with Gasteiger partial charge in [0.2, 0.25) is 0 Å². The Morgan fingerprint density at radius 2 is 2.04 bits per heavy atom. The summed E-state index contributed by atoms with van der Waals surface area (Å²) >= 11 is 1.60. The number of anilines is 1. The Hall–Kier alpha value is -2.45. The van der Waals surface area contributed by atoms with E-state index in [0.717, 1.165) is 16.0 Å². The van der Waals surface area contributed by atoms with Gasteiger partial charge in [0.1, 0.15) is 0 Å². The van der Waals surface area contributed by atoms with Gasteiger partial charge in [-0.2, -0.15) is 13.4 Å². The lowest BCUT2D eigenvalue weighted by molar-refractivity contribution is 0.375. The molecule has 3 aromatic rings. The molecule has 8 heteroatoms. The van der Waals surface area contributed by atoms with Crippen LogP contribution in [-0.4, -0.2) is 25.5 Å². The van der Waals surface area contributed by atoms with Crippen molar-refractivity contribution >= 4 is 27.0 Å². The summed E-state index contributed by atoms with van der Waals surface area (Å²) in [5, 5.41) is 1.84. The zero-order valence-corrected chi connectivity index (χ0v) is 14.7. The van der Waals surface area contributed by atoms with Crippen LogP contribution in [0, 0.1) is 6.92 Å². The Bertz CT molecular complexity index is 954. The highest BCUT2D eigenvalue weighted by molar-refractivity contribution is 7.92. The van der Waals surface area contributed by atoms with Crippen LogP contribution in [0.25, 0.3) is 10.4 Å². The number of hydrogen-bond donors (Lipinski definition) is 1. The molecule has 0 aliphatic carbocycles. The van der Waals surface area contributed by atoms with Gasteiger partial charge in [-0.1, -0.05) is 18.2 Å². The quantitative estimate of drug-likeness (QED) is 0.705. The smallest absolute Gasteiger partial charge is 0.317 e. The van der Waals surface area contributed by atoms with E-state index in [9.17, 15) is 8.42 Å². The largest absolute Gasteiger partial charge is 0.467 e. The Kier molecular flexibility index (Phi) is 4.50. The first kappa shape index (κ1) is 16.4. The molecule has 0 radical (unpaired) electrons. The number of sulfonamides is 1. The molecule has 0 unspecified atom stereocenters. The number of hydrogen-bond acceptors (Lipinski definition) is 6. The number of nitrogens with one attached hydrogen (secondary N) is 1. The molecule has 2 heterocycles. The molecule has 0 spiro atoms. The summed E-state index contributed by atoms with van der Waals surface area (Å²) in [6.45, 7) is 1.84. The van der Waals surface area contributed by atoms with E-state index in [1.807, 2.05) is 42.6 Å². The van der Waals surface area contributed by atoms with Gasteiger partial charge in [-0.25, -0.2) is 4.98 Å². The van der Waals surface area contributed by atoms with Crippen molar-refractivity contribution in [2.45, 2.75) is 11.9 Å². The first-order valence-corrected chi connectivity index (χ1v) is 9.40. The molecule has 24 heavy (non-hydrogen) atoms. The zero-order valence-electron chi connectivity index (χ0n) is 13.1. The van der Waals surface area contributed by atoms with Crippen molar-refractivity contribution in [2.75, 3.05) is 11.8 Å². The summed E-state index contributed by atoms with van der Waals surface area (Å²) in [7, 11) is -2.45. The van der Waals surface area contributed by atoms with E-state index < -0.39 is 10.0 Å². The normalized spacial score (nSPS) is 11.2. The fourth-order valence-corrected chi connectivity index (χ4v) is 3.87. The van der Waals surface area contributed by atoms with E-state index in [1.165, 1.54) is 19.4 Å². The molecule has 0 aliphatic heterocycles. The summed E-state index contributed by atoms with van der Waals surface area (Å²) in [4.78, 5) is 8.77. The minimum absolute atomic E-state index is 0.00179. The van der Waals surface area contributed by atoms with Crippen molar-refractivity contribution in [2.24, 2.45) is 0 Å². The lowest BCUT2D eigenvalue weighted by Crippen LogP contribution is -2.15. The summed E-state index contributed by atoms with van der Waals surface area (Å²) in [5.74, 6) is 0. The van der Waals surface area contributed by atoms with Gasteiger partial charge in [-0.15, -0.1) is 11.3 Å². The van der Waals surface area contributed by atoms with Gasteiger partial charge < -0.3 is 4.74 Å². The highest BCUT2D eigenvalue weighted by Crippen LogP contribution is 2.29. The molecule has 0 saturated carbocycles. The number of methoxy groups -OCH3 is 1. The van der Waals surface area contributed by atoms with Crippen LogP contribution in [0.5, 0.6) is 6.01 Å². The minimum Gasteiger partial charge on any atom is -0.467 e. The minimum atomic E-state index is -3.83. The Labute approximate surface area is 144 Å². The first-order valence-electron chi connectivity index (χ1n) is 7.04. The second-order valence-corrected chi connectivity index (χ2v) is 7.57. The third kappa shape index (κ3) is 3.39. The van der Waals surface area contributed by atoms with E-state index >= 15 is 0 Å². The van der Waals surface area contributed by atoms with Crippen LogP contribution in [0.4, 0.5) is 5.69 Å². The molecule has 0 amide bonds. The summed E-state index contributed by atoms with van der Waals surface area (Å²) in [5.41, 5.74) is 2.28. The van der Waals surface area contributed by atoms with Crippen LogP contribution in [0.2, 0.25) is 0 Å². The average Bonchev–Trinajstić information content (AvgIpc) is 3.11. The molecule has 0 atom stereocenters. The van der Waals surface area contributed by atoms with Crippen molar-refractivity contribution < 1.29 is 13.2 Å². The fraction of sp³-hybridized carbons (Fsp3) is 0.125. The molecule has 0 saturated heterocycles. The van der Waals surface area contributed by atoms with Gasteiger partial charge in [0.15, 0.2) is 5.03 Å². The maximum absolute atomic E-state index is 12.6. The van der Waals surface area contributed by atoms with E-state index in [-0.39, 0.29) is 11.0 Å². The van der Waals surface area contributed by atoms with Crippen LogP contribution in [0.15, 0.2) is 53.0 Å². The van der Waals surface area contributed by atoms with E-state index in [0.29, 0.717) is 5.69 Å². The summed E-state index contributed by atoms with van der Waals surface area (Å²) in [6.07, 6.45) is 1.34.